The van der Waals surface area contributed by atoms with Gasteiger partial charge in [0.2, 0.25) is 0 Å². The summed E-state index contributed by atoms with van der Waals surface area (Å²) in [5.74, 6) is -1.37. The lowest BCUT2D eigenvalue weighted by Gasteiger charge is -2.14. The molecule has 0 aliphatic heterocycles. The number of carbonyl (C=O) groups is 2. The third kappa shape index (κ3) is 5.78. The van der Waals surface area contributed by atoms with Crippen LogP contribution in [0.25, 0.3) is 0 Å². The highest BCUT2D eigenvalue weighted by atomic mass is 79.9. The lowest BCUT2D eigenvalue weighted by atomic mass is 10.3. The molecule has 0 heterocycles. The van der Waals surface area contributed by atoms with Crippen molar-refractivity contribution in [2.75, 3.05) is 26.4 Å². The minimum Gasteiger partial charge on any atom is -0.462 e. The Balaban J connectivity index is 4.09. The minimum atomic E-state index is -0.912. The summed E-state index contributed by atoms with van der Waals surface area (Å²) >= 11 is 5.93. The van der Waals surface area contributed by atoms with E-state index in [2.05, 4.69) is 41.3 Å². The van der Waals surface area contributed by atoms with Gasteiger partial charge in [-0.15, -0.1) is 0 Å². The molecule has 0 rings (SSSR count). The maximum absolute atomic E-state index is 11.3. The average Bonchev–Trinajstić information content (AvgIpc) is 2.30. The molecule has 94 valence electrons. The summed E-state index contributed by atoms with van der Waals surface area (Å²) < 4.78 is 9.21. The number of rotatable bonds is 7. The van der Waals surface area contributed by atoms with Crippen LogP contribution in [0.1, 0.15) is 0 Å². The molecule has 0 aliphatic rings. The van der Waals surface area contributed by atoms with Gasteiger partial charge >= 0.3 is 11.9 Å². The fourth-order valence-corrected chi connectivity index (χ4v) is 1.39. The van der Waals surface area contributed by atoms with Crippen LogP contribution in [0.2, 0.25) is 0 Å². The van der Waals surface area contributed by atoms with E-state index in [1.807, 2.05) is 0 Å². The van der Waals surface area contributed by atoms with E-state index in [4.69, 9.17) is 10.2 Å². The van der Waals surface area contributed by atoms with Crippen molar-refractivity contribution in [3.8, 4) is 0 Å². The Hall–Kier alpha value is -0.180. The number of alkyl halides is 2. The first kappa shape index (κ1) is 15.8. The molecule has 0 aromatic carbocycles. The molecule has 2 unspecified atom stereocenters. The van der Waals surface area contributed by atoms with Gasteiger partial charge in [-0.25, -0.2) is 0 Å². The summed E-state index contributed by atoms with van der Waals surface area (Å²) in [7, 11) is 0. The van der Waals surface area contributed by atoms with Gasteiger partial charge in [-0.3, -0.25) is 9.59 Å². The van der Waals surface area contributed by atoms with Crippen LogP contribution < -0.4 is 0 Å². The first-order chi connectivity index (χ1) is 7.54. The summed E-state index contributed by atoms with van der Waals surface area (Å²) in [6.07, 6.45) is 0. The molecule has 0 bridgehead atoms. The zero-order chi connectivity index (χ0) is 12.6. The summed E-state index contributed by atoms with van der Waals surface area (Å²) in [4.78, 5) is 20.7. The molecule has 6 nitrogen and oxygen atoms in total. The van der Waals surface area contributed by atoms with Crippen molar-refractivity contribution in [3.05, 3.63) is 0 Å². The molecule has 16 heavy (non-hydrogen) atoms. The molecule has 2 atom stereocenters. The van der Waals surface area contributed by atoms with Gasteiger partial charge in [0.05, 0.1) is 13.2 Å². The summed E-state index contributed by atoms with van der Waals surface area (Å²) in [5.41, 5.74) is 0. The Morgan fingerprint density at radius 1 is 0.938 bits per heavy atom. The zero-order valence-electron chi connectivity index (χ0n) is 8.27. The Morgan fingerprint density at radius 2 is 1.25 bits per heavy atom. The molecular formula is C8H12Br2O6. The Kier molecular flexibility index (Phi) is 8.81. The molecule has 0 aromatic heterocycles. The number of carbonyl (C=O) groups excluding carboxylic acids is 2. The second kappa shape index (κ2) is 8.91. The number of hydrogen-bond donors (Lipinski definition) is 2. The number of hydrogen-bond acceptors (Lipinski definition) is 6. The van der Waals surface area contributed by atoms with E-state index in [0.717, 1.165) is 0 Å². The van der Waals surface area contributed by atoms with Crippen molar-refractivity contribution in [1.29, 1.82) is 0 Å². The standard InChI is InChI=1S/C8H12Br2O6/c9-5(7(13)15-3-1-11)6(10)8(14)16-4-2-12/h5-6,11-12H,1-4H2. The van der Waals surface area contributed by atoms with Crippen LogP contribution in [0.15, 0.2) is 0 Å². The predicted molar refractivity (Wildman–Crippen MR) is 61.5 cm³/mol. The SMILES string of the molecule is O=C(OCCO)C(Br)C(Br)C(=O)OCCO. The molecular weight excluding hydrogens is 352 g/mol. The topological polar surface area (TPSA) is 93.1 Å². The van der Waals surface area contributed by atoms with Crippen LogP contribution in [-0.4, -0.2) is 58.2 Å². The van der Waals surface area contributed by atoms with Gasteiger partial charge in [-0.05, 0) is 0 Å². The van der Waals surface area contributed by atoms with Gasteiger partial charge in [0.1, 0.15) is 22.9 Å². The lowest BCUT2D eigenvalue weighted by Crippen LogP contribution is -2.34. The van der Waals surface area contributed by atoms with Gasteiger partial charge in [0, 0.05) is 0 Å². The summed E-state index contributed by atoms with van der Waals surface area (Å²) in [6, 6.07) is 0. The van der Waals surface area contributed by atoms with Crippen molar-refractivity contribution >= 4 is 43.8 Å². The van der Waals surface area contributed by atoms with Gasteiger partial charge in [0.15, 0.2) is 0 Å². The Bertz CT molecular complexity index is 211. The van der Waals surface area contributed by atoms with Gasteiger partial charge in [-0.1, -0.05) is 31.9 Å². The maximum Gasteiger partial charge on any atom is 0.321 e. The third-order valence-electron chi connectivity index (χ3n) is 1.38. The normalized spacial score (nSPS) is 14.0. The van der Waals surface area contributed by atoms with E-state index >= 15 is 0 Å². The number of ether oxygens (including phenoxy) is 2. The lowest BCUT2D eigenvalue weighted by molar-refractivity contribution is -0.149. The monoisotopic (exact) mass is 362 g/mol. The van der Waals surface area contributed by atoms with Crippen LogP contribution in [-0.2, 0) is 19.1 Å². The molecule has 0 radical (unpaired) electrons. The van der Waals surface area contributed by atoms with Gasteiger partial charge in [0.25, 0.3) is 0 Å². The average molecular weight is 364 g/mol. The molecule has 0 aliphatic carbocycles. The predicted octanol–water partition coefficient (Wildman–Crippen LogP) is -0.416. The summed E-state index contributed by atoms with van der Waals surface area (Å²) in [5, 5.41) is 16.9. The summed E-state index contributed by atoms with van der Waals surface area (Å²) in [6.45, 7) is -0.834. The Labute approximate surface area is 109 Å². The van der Waals surface area contributed by atoms with Crippen molar-refractivity contribution in [1.82, 2.24) is 0 Å². The maximum atomic E-state index is 11.3. The van der Waals surface area contributed by atoms with E-state index in [9.17, 15) is 9.59 Å². The van der Waals surface area contributed by atoms with Crippen molar-refractivity contribution < 1.29 is 29.3 Å². The number of esters is 2. The van der Waals surface area contributed by atoms with Crippen molar-refractivity contribution in [2.24, 2.45) is 0 Å². The molecule has 0 aromatic rings. The smallest absolute Gasteiger partial charge is 0.321 e. The first-order valence-corrected chi connectivity index (χ1v) is 6.20. The van der Waals surface area contributed by atoms with E-state index in [1.165, 1.54) is 0 Å². The van der Waals surface area contributed by atoms with E-state index in [1.54, 1.807) is 0 Å². The minimum absolute atomic E-state index is 0.133. The fourth-order valence-electron chi connectivity index (χ4n) is 0.691. The molecule has 2 N–H and O–H groups in total. The number of aliphatic hydroxyl groups excluding tert-OH is 2. The molecule has 0 spiro atoms. The molecule has 0 amide bonds. The van der Waals surface area contributed by atoms with E-state index < -0.39 is 21.6 Å². The van der Waals surface area contributed by atoms with Crippen molar-refractivity contribution in [2.45, 2.75) is 9.65 Å². The van der Waals surface area contributed by atoms with Crippen LogP contribution in [0.3, 0.4) is 0 Å². The molecule has 8 heteroatoms. The largest absolute Gasteiger partial charge is 0.462 e. The fraction of sp³-hybridized carbons (Fsp3) is 0.750. The number of halogens is 2. The Morgan fingerprint density at radius 3 is 1.50 bits per heavy atom. The number of aliphatic hydroxyl groups is 2. The second-order valence-corrected chi connectivity index (χ2v) is 4.56. The molecule has 0 saturated heterocycles. The van der Waals surface area contributed by atoms with Crippen LogP contribution >= 0.6 is 31.9 Å². The van der Waals surface area contributed by atoms with Crippen LogP contribution in [0, 0.1) is 0 Å². The van der Waals surface area contributed by atoms with Crippen LogP contribution in [0.4, 0.5) is 0 Å². The van der Waals surface area contributed by atoms with Gasteiger partial charge in [-0.2, -0.15) is 0 Å². The highest BCUT2D eigenvalue weighted by molar-refractivity contribution is 9.12. The zero-order valence-corrected chi connectivity index (χ0v) is 11.4. The van der Waals surface area contributed by atoms with Crippen LogP contribution in [0.5, 0.6) is 0 Å². The van der Waals surface area contributed by atoms with Crippen molar-refractivity contribution in [3.63, 3.8) is 0 Å². The van der Waals surface area contributed by atoms with E-state index in [-0.39, 0.29) is 26.4 Å². The quantitative estimate of drug-likeness (QED) is 0.471. The first-order valence-electron chi connectivity index (χ1n) is 4.37. The highest BCUT2D eigenvalue weighted by Gasteiger charge is 2.31. The second-order valence-electron chi connectivity index (χ2n) is 2.59. The third-order valence-corrected chi connectivity index (χ3v) is 3.89. The van der Waals surface area contributed by atoms with Gasteiger partial charge < -0.3 is 19.7 Å². The molecule has 0 saturated carbocycles. The van der Waals surface area contributed by atoms with E-state index in [0.29, 0.717) is 0 Å². The molecule has 0 fully saturated rings. The highest BCUT2D eigenvalue weighted by Crippen LogP contribution is 2.17.